The third kappa shape index (κ3) is 4.08. The summed E-state index contributed by atoms with van der Waals surface area (Å²) >= 11 is 0. The molecule has 0 bridgehead atoms. The number of anilines is 1. The van der Waals surface area contributed by atoms with Crippen molar-refractivity contribution in [2.75, 3.05) is 12.0 Å². The molecule has 4 rings (SSSR count). The highest BCUT2D eigenvalue weighted by atomic mass is 16.5. The monoisotopic (exact) mass is 413 g/mol. The maximum Gasteiger partial charge on any atom is 0.294 e. The molecule has 1 aliphatic rings. The predicted octanol–water partition coefficient (Wildman–Crippen LogP) is 4.80. The lowest BCUT2D eigenvalue weighted by Gasteiger charge is -2.27. The van der Waals surface area contributed by atoms with Gasteiger partial charge >= 0.3 is 0 Å². The number of aliphatic hydroxyl groups excluding tert-OH is 1. The standard InChI is InChI=1S/C26H23NO4/c1-31-21-14-8-11-19(17-21)24-23(22(28)16-15-18-9-4-2-5-10-18)25(29)26(30)27(24)20-12-6-3-7-13-20/h2-14,17,24,29H,15-16H2,1H3. The highest BCUT2D eigenvalue weighted by Gasteiger charge is 2.44. The first-order valence-corrected chi connectivity index (χ1v) is 10.1. The molecule has 1 aliphatic heterocycles. The quantitative estimate of drug-likeness (QED) is 0.604. The number of hydrogen-bond donors (Lipinski definition) is 1. The van der Waals surface area contributed by atoms with E-state index in [1.165, 1.54) is 4.90 Å². The van der Waals surface area contributed by atoms with Gasteiger partial charge in [0.15, 0.2) is 11.5 Å². The minimum atomic E-state index is -0.728. The first-order chi connectivity index (χ1) is 15.1. The molecule has 0 saturated carbocycles. The van der Waals surface area contributed by atoms with Crippen LogP contribution in [0.1, 0.15) is 23.6 Å². The number of carbonyl (C=O) groups excluding carboxylic acids is 2. The summed E-state index contributed by atoms with van der Waals surface area (Å²) in [5.41, 5.74) is 2.46. The van der Waals surface area contributed by atoms with Crippen molar-refractivity contribution in [3.8, 4) is 5.75 Å². The van der Waals surface area contributed by atoms with Crippen molar-refractivity contribution in [3.63, 3.8) is 0 Å². The molecular weight excluding hydrogens is 390 g/mol. The second kappa shape index (κ2) is 8.88. The Morgan fingerprint density at radius 2 is 1.65 bits per heavy atom. The molecule has 3 aromatic carbocycles. The van der Waals surface area contributed by atoms with Crippen LogP contribution in [0.5, 0.6) is 5.75 Å². The van der Waals surface area contributed by atoms with Crippen molar-refractivity contribution in [2.45, 2.75) is 18.9 Å². The zero-order valence-electron chi connectivity index (χ0n) is 17.2. The van der Waals surface area contributed by atoms with Gasteiger partial charge in [-0.25, -0.2) is 0 Å². The number of ether oxygens (including phenoxy) is 1. The topological polar surface area (TPSA) is 66.8 Å². The number of rotatable bonds is 7. The van der Waals surface area contributed by atoms with E-state index in [1.807, 2.05) is 60.7 Å². The predicted molar refractivity (Wildman–Crippen MR) is 119 cm³/mol. The third-order valence-electron chi connectivity index (χ3n) is 5.44. The van der Waals surface area contributed by atoms with Crippen LogP contribution in [0.25, 0.3) is 0 Å². The summed E-state index contributed by atoms with van der Waals surface area (Å²) in [5, 5.41) is 10.8. The number of aliphatic hydroxyl groups is 1. The van der Waals surface area contributed by atoms with E-state index in [0.29, 0.717) is 23.4 Å². The summed E-state index contributed by atoms with van der Waals surface area (Å²) in [6.07, 6.45) is 0.723. The second-order valence-corrected chi connectivity index (χ2v) is 7.36. The number of Topliss-reactive ketones (excluding diaryl/α,β-unsaturated/α-hetero) is 1. The van der Waals surface area contributed by atoms with Gasteiger partial charge in [-0.15, -0.1) is 0 Å². The minimum Gasteiger partial charge on any atom is -0.503 e. The summed E-state index contributed by atoms with van der Waals surface area (Å²) < 4.78 is 5.34. The Balaban J connectivity index is 1.73. The molecule has 0 radical (unpaired) electrons. The molecule has 1 N–H and O–H groups in total. The van der Waals surface area contributed by atoms with Crippen LogP contribution in [0.3, 0.4) is 0 Å². The average molecular weight is 413 g/mol. The highest BCUT2D eigenvalue weighted by Crippen LogP contribution is 2.42. The molecule has 5 heteroatoms. The van der Waals surface area contributed by atoms with E-state index in [0.717, 1.165) is 5.56 Å². The Labute approximate surface area is 181 Å². The number of methoxy groups -OCH3 is 1. The van der Waals surface area contributed by atoms with Crippen LogP contribution < -0.4 is 9.64 Å². The number of aryl methyl sites for hydroxylation is 1. The van der Waals surface area contributed by atoms with E-state index in [4.69, 9.17) is 4.74 Å². The largest absolute Gasteiger partial charge is 0.503 e. The molecule has 0 aromatic heterocycles. The number of amides is 1. The minimum absolute atomic E-state index is 0.123. The van der Waals surface area contributed by atoms with Gasteiger partial charge in [0, 0.05) is 12.1 Å². The van der Waals surface area contributed by atoms with Crippen molar-refractivity contribution >= 4 is 17.4 Å². The van der Waals surface area contributed by atoms with Crippen LogP contribution in [0, 0.1) is 0 Å². The maximum absolute atomic E-state index is 13.3. The molecule has 0 fully saturated rings. The van der Waals surface area contributed by atoms with Crippen molar-refractivity contribution in [3.05, 3.63) is 107 Å². The van der Waals surface area contributed by atoms with E-state index in [1.54, 1.807) is 31.4 Å². The Morgan fingerprint density at radius 1 is 0.968 bits per heavy atom. The number of carbonyl (C=O) groups is 2. The zero-order valence-corrected chi connectivity index (χ0v) is 17.2. The van der Waals surface area contributed by atoms with Gasteiger partial charge in [0.05, 0.1) is 18.7 Å². The highest BCUT2D eigenvalue weighted by molar-refractivity contribution is 6.16. The normalized spacial score (nSPS) is 16.0. The second-order valence-electron chi connectivity index (χ2n) is 7.36. The summed E-state index contributed by atoms with van der Waals surface area (Å²) in [7, 11) is 1.56. The first-order valence-electron chi connectivity index (χ1n) is 10.1. The Morgan fingerprint density at radius 3 is 2.32 bits per heavy atom. The summed E-state index contributed by atoms with van der Waals surface area (Å²) in [6.45, 7) is 0. The fraction of sp³-hybridized carbons (Fsp3) is 0.154. The lowest BCUT2D eigenvalue weighted by molar-refractivity contribution is -0.118. The van der Waals surface area contributed by atoms with Gasteiger partial charge in [-0.1, -0.05) is 60.7 Å². The van der Waals surface area contributed by atoms with Crippen LogP contribution in [-0.4, -0.2) is 23.9 Å². The van der Waals surface area contributed by atoms with Gasteiger partial charge in [-0.05, 0) is 41.8 Å². The fourth-order valence-corrected chi connectivity index (χ4v) is 3.91. The average Bonchev–Trinajstić information content (AvgIpc) is 3.09. The molecular formula is C26H23NO4. The fourth-order valence-electron chi connectivity index (χ4n) is 3.91. The molecule has 1 unspecified atom stereocenters. The third-order valence-corrected chi connectivity index (χ3v) is 5.44. The Hall–Kier alpha value is -3.86. The molecule has 0 aliphatic carbocycles. The van der Waals surface area contributed by atoms with E-state index >= 15 is 0 Å². The van der Waals surface area contributed by atoms with Crippen LogP contribution in [0.2, 0.25) is 0 Å². The number of para-hydroxylation sites is 1. The molecule has 3 aromatic rings. The van der Waals surface area contributed by atoms with Crippen LogP contribution >= 0.6 is 0 Å². The van der Waals surface area contributed by atoms with E-state index in [9.17, 15) is 14.7 Å². The number of benzene rings is 3. The van der Waals surface area contributed by atoms with Gasteiger partial charge in [-0.3, -0.25) is 14.5 Å². The molecule has 0 saturated heterocycles. The molecule has 1 atom stereocenters. The van der Waals surface area contributed by atoms with Crippen molar-refractivity contribution in [2.24, 2.45) is 0 Å². The molecule has 156 valence electrons. The van der Waals surface area contributed by atoms with E-state index in [-0.39, 0.29) is 17.8 Å². The van der Waals surface area contributed by atoms with Gasteiger partial charge in [0.2, 0.25) is 0 Å². The van der Waals surface area contributed by atoms with Gasteiger partial charge in [-0.2, -0.15) is 0 Å². The molecule has 5 nitrogen and oxygen atoms in total. The SMILES string of the molecule is COc1cccc(C2C(C(=O)CCc3ccccc3)=C(O)C(=O)N2c2ccccc2)c1. The summed E-state index contributed by atoms with van der Waals surface area (Å²) in [6, 6.07) is 25.2. The Kier molecular flexibility index (Phi) is 5.85. The summed E-state index contributed by atoms with van der Waals surface area (Å²) in [4.78, 5) is 27.8. The van der Waals surface area contributed by atoms with Crippen molar-refractivity contribution < 1.29 is 19.4 Å². The van der Waals surface area contributed by atoms with Gasteiger partial charge < -0.3 is 9.84 Å². The Bertz CT molecular complexity index is 1120. The van der Waals surface area contributed by atoms with Crippen molar-refractivity contribution in [1.29, 1.82) is 0 Å². The first kappa shape index (κ1) is 20.4. The molecule has 1 amide bonds. The molecule has 31 heavy (non-hydrogen) atoms. The molecule has 1 heterocycles. The number of hydrogen-bond acceptors (Lipinski definition) is 4. The van der Waals surface area contributed by atoms with Crippen LogP contribution in [0.4, 0.5) is 5.69 Å². The smallest absolute Gasteiger partial charge is 0.294 e. The van der Waals surface area contributed by atoms with Crippen LogP contribution in [-0.2, 0) is 16.0 Å². The number of ketones is 1. The lowest BCUT2D eigenvalue weighted by Crippen LogP contribution is -2.31. The summed E-state index contributed by atoms with van der Waals surface area (Å²) in [5.74, 6) is -0.710. The van der Waals surface area contributed by atoms with E-state index < -0.39 is 17.7 Å². The van der Waals surface area contributed by atoms with E-state index in [2.05, 4.69) is 0 Å². The maximum atomic E-state index is 13.3. The zero-order chi connectivity index (χ0) is 21.8. The molecule has 0 spiro atoms. The van der Waals surface area contributed by atoms with Crippen LogP contribution in [0.15, 0.2) is 96.3 Å². The van der Waals surface area contributed by atoms with Gasteiger partial charge in [0.25, 0.3) is 5.91 Å². The van der Waals surface area contributed by atoms with Crippen molar-refractivity contribution in [1.82, 2.24) is 0 Å². The lowest BCUT2D eigenvalue weighted by atomic mass is 9.93. The number of nitrogens with zero attached hydrogens (tertiary/aromatic N) is 1. The van der Waals surface area contributed by atoms with Gasteiger partial charge in [0.1, 0.15) is 5.75 Å².